The summed E-state index contributed by atoms with van der Waals surface area (Å²) < 4.78 is 43.1. The molecule has 2 rings (SSSR count). The topological polar surface area (TPSA) is 94.2 Å². The Morgan fingerprint density at radius 2 is 1.92 bits per heavy atom. The van der Waals surface area contributed by atoms with Crippen molar-refractivity contribution in [2.45, 2.75) is 45.3 Å². The number of hydroxylamine groups is 1. The monoisotopic (exact) mass is 390 g/mol. The van der Waals surface area contributed by atoms with E-state index in [1.807, 2.05) is 4.90 Å². The summed E-state index contributed by atoms with van der Waals surface area (Å²) in [5.74, 6) is -0.0880. The number of piperidine rings is 1. The van der Waals surface area contributed by atoms with Crippen LogP contribution in [0.4, 0.5) is 14.4 Å². The van der Waals surface area contributed by atoms with E-state index in [-0.39, 0.29) is 11.9 Å². The third kappa shape index (κ3) is 7.04. The summed E-state index contributed by atoms with van der Waals surface area (Å²) in [7, 11) is -5.05. The molecule has 1 saturated heterocycles. The summed E-state index contributed by atoms with van der Waals surface area (Å²) in [5, 5.41) is 0. The van der Waals surface area contributed by atoms with Crippen molar-refractivity contribution in [1.82, 2.24) is 5.48 Å². The van der Waals surface area contributed by atoms with Crippen LogP contribution in [0.3, 0.4) is 0 Å². The van der Waals surface area contributed by atoms with E-state index in [1.54, 1.807) is 32.9 Å². The molecule has 0 atom stereocenters. The fourth-order valence-electron chi connectivity index (χ4n) is 2.51. The summed E-state index contributed by atoms with van der Waals surface area (Å²) in [4.78, 5) is 18.9. The van der Waals surface area contributed by atoms with Gasteiger partial charge in [-0.1, -0.05) is 9.95 Å². The highest BCUT2D eigenvalue weighted by molar-refractivity contribution is 7.81. The van der Waals surface area contributed by atoms with E-state index in [9.17, 15) is 17.1 Å². The Bertz CT molecular complexity index is 727. The molecule has 0 aliphatic carbocycles. The highest BCUT2D eigenvalue weighted by Crippen LogP contribution is 2.26. The molecule has 1 N–H and O–H groups in total. The van der Waals surface area contributed by atoms with E-state index in [0.29, 0.717) is 31.6 Å². The minimum atomic E-state index is -5.05. The average Bonchev–Trinajstić information content (AvgIpc) is 2.50. The second-order valence-electron chi connectivity index (χ2n) is 6.88. The first kappa shape index (κ1) is 20.2. The SMILES string of the molecule is CC(C)(C)OC(=O)NOC1CCN(c2cccc(OS(=O)(=O)F)c2)CC1. The Hall–Kier alpha value is -2.07. The third-order valence-corrected chi connectivity index (χ3v) is 3.92. The molecule has 1 aliphatic rings. The molecule has 0 spiro atoms. The molecular weight excluding hydrogens is 367 g/mol. The van der Waals surface area contributed by atoms with E-state index < -0.39 is 22.2 Å². The van der Waals surface area contributed by atoms with Gasteiger partial charge in [-0.05, 0) is 45.7 Å². The van der Waals surface area contributed by atoms with Gasteiger partial charge in [0.25, 0.3) is 0 Å². The zero-order chi connectivity index (χ0) is 19.4. The number of anilines is 1. The van der Waals surface area contributed by atoms with Crippen molar-refractivity contribution < 1.29 is 30.9 Å². The number of carbonyl (C=O) groups excluding carboxylic acids is 1. The second kappa shape index (κ2) is 8.09. The lowest BCUT2D eigenvalue weighted by Crippen LogP contribution is -2.41. The molecule has 0 saturated carbocycles. The van der Waals surface area contributed by atoms with Crippen LogP contribution < -0.4 is 14.6 Å². The van der Waals surface area contributed by atoms with Crippen molar-refractivity contribution in [3.8, 4) is 5.75 Å². The van der Waals surface area contributed by atoms with Gasteiger partial charge in [0.05, 0.1) is 6.10 Å². The van der Waals surface area contributed by atoms with Crippen LogP contribution in [0.2, 0.25) is 0 Å². The predicted molar refractivity (Wildman–Crippen MR) is 92.8 cm³/mol. The van der Waals surface area contributed by atoms with Crippen LogP contribution in [0.1, 0.15) is 33.6 Å². The smallest absolute Gasteiger partial charge is 0.442 e. The molecule has 1 fully saturated rings. The molecule has 8 nitrogen and oxygen atoms in total. The summed E-state index contributed by atoms with van der Waals surface area (Å²) in [6, 6.07) is 6.18. The normalized spacial score (nSPS) is 16.2. The van der Waals surface area contributed by atoms with E-state index in [1.165, 1.54) is 12.1 Å². The first-order valence-electron chi connectivity index (χ1n) is 8.15. The maximum absolute atomic E-state index is 12.6. The minimum Gasteiger partial charge on any atom is -0.442 e. The Morgan fingerprint density at radius 3 is 2.50 bits per heavy atom. The lowest BCUT2D eigenvalue weighted by molar-refractivity contribution is -0.0493. The predicted octanol–water partition coefficient (Wildman–Crippen LogP) is 2.70. The van der Waals surface area contributed by atoms with Crippen molar-refractivity contribution in [2.24, 2.45) is 0 Å². The molecule has 26 heavy (non-hydrogen) atoms. The van der Waals surface area contributed by atoms with Crippen LogP contribution in [0, 0.1) is 0 Å². The standard InChI is InChI=1S/C16H23FN2O6S/c1-16(2,3)23-15(20)18-24-13-7-9-19(10-8-13)12-5-4-6-14(11-12)25-26(17,21)22/h4-6,11,13H,7-10H2,1-3H3,(H,18,20). The van der Waals surface area contributed by atoms with Crippen molar-refractivity contribution in [3.05, 3.63) is 24.3 Å². The number of rotatable bonds is 5. The highest BCUT2D eigenvalue weighted by Gasteiger charge is 2.23. The van der Waals surface area contributed by atoms with E-state index in [2.05, 4.69) is 9.66 Å². The largest absolute Gasteiger partial charge is 0.488 e. The zero-order valence-corrected chi connectivity index (χ0v) is 15.7. The van der Waals surface area contributed by atoms with Gasteiger partial charge in [0.15, 0.2) is 0 Å². The van der Waals surface area contributed by atoms with Gasteiger partial charge in [-0.25, -0.2) is 4.79 Å². The first-order valence-corrected chi connectivity index (χ1v) is 9.46. The maximum Gasteiger partial charge on any atom is 0.488 e. The van der Waals surface area contributed by atoms with Gasteiger partial charge in [-0.2, -0.15) is 13.9 Å². The molecule has 0 bridgehead atoms. The average molecular weight is 390 g/mol. The van der Waals surface area contributed by atoms with Crippen LogP contribution in [0.5, 0.6) is 5.75 Å². The summed E-state index contributed by atoms with van der Waals surface area (Å²) in [5.41, 5.74) is 2.40. The molecular formula is C16H23FN2O6S. The van der Waals surface area contributed by atoms with E-state index >= 15 is 0 Å². The Kier molecular flexibility index (Phi) is 6.30. The van der Waals surface area contributed by atoms with Crippen molar-refractivity contribution in [2.75, 3.05) is 18.0 Å². The Morgan fingerprint density at radius 1 is 1.27 bits per heavy atom. The van der Waals surface area contributed by atoms with Gasteiger partial charge in [-0.3, -0.25) is 4.84 Å². The van der Waals surface area contributed by atoms with Crippen molar-refractivity contribution in [3.63, 3.8) is 0 Å². The number of nitrogens with zero attached hydrogens (tertiary/aromatic N) is 1. The number of amides is 1. The number of hydrogen-bond donors (Lipinski definition) is 1. The molecule has 1 aromatic rings. The fourth-order valence-corrected chi connectivity index (χ4v) is 2.84. The van der Waals surface area contributed by atoms with Crippen LogP contribution in [-0.4, -0.2) is 39.3 Å². The van der Waals surface area contributed by atoms with Crippen LogP contribution >= 0.6 is 0 Å². The maximum atomic E-state index is 12.6. The number of nitrogens with one attached hydrogen (secondary N) is 1. The number of ether oxygens (including phenoxy) is 1. The van der Waals surface area contributed by atoms with Crippen molar-refractivity contribution in [1.29, 1.82) is 0 Å². The molecule has 146 valence electrons. The lowest BCUT2D eigenvalue weighted by atomic mass is 10.1. The lowest BCUT2D eigenvalue weighted by Gasteiger charge is -2.33. The second-order valence-corrected chi connectivity index (χ2v) is 7.83. The van der Waals surface area contributed by atoms with Crippen LogP contribution in [-0.2, 0) is 20.1 Å². The van der Waals surface area contributed by atoms with Gasteiger partial charge in [-0.15, -0.1) is 0 Å². The van der Waals surface area contributed by atoms with Gasteiger partial charge in [0.2, 0.25) is 0 Å². The number of halogens is 1. The molecule has 1 aromatic carbocycles. The Labute approximate surface area is 152 Å². The fraction of sp³-hybridized carbons (Fsp3) is 0.562. The summed E-state index contributed by atoms with van der Waals surface area (Å²) in [6.45, 7) is 6.52. The van der Waals surface area contributed by atoms with Crippen molar-refractivity contribution >= 4 is 22.3 Å². The van der Waals surface area contributed by atoms with Crippen LogP contribution in [0.15, 0.2) is 24.3 Å². The molecule has 0 radical (unpaired) electrons. The van der Waals surface area contributed by atoms with Gasteiger partial charge >= 0.3 is 16.6 Å². The molecule has 1 heterocycles. The quantitative estimate of drug-likeness (QED) is 0.610. The first-order chi connectivity index (χ1) is 12.0. The number of hydrogen-bond acceptors (Lipinski definition) is 7. The molecule has 10 heteroatoms. The third-order valence-electron chi connectivity index (χ3n) is 3.53. The van der Waals surface area contributed by atoms with E-state index in [0.717, 1.165) is 0 Å². The van der Waals surface area contributed by atoms with Gasteiger partial charge in [0.1, 0.15) is 11.4 Å². The van der Waals surface area contributed by atoms with Gasteiger partial charge < -0.3 is 13.8 Å². The molecule has 1 aliphatic heterocycles. The zero-order valence-electron chi connectivity index (χ0n) is 14.9. The Balaban J connectivity index is 1.83. The molecule has 0 aromatic heterocycles. The molecule has 1 amide bonds. The number of carbonyl (C=O) groups is 1. The summed E-state index contributed by atoms with van der Waals surface area (Å²) >= 11 is 0. The van der Waals surface area contributed by atoms with Crippen LogP contribution in [0.25, 0.3) is 0 Å². The van der Waals surface area contributed by atoms with E-state index in [4.69, 9.17) is 9.57 Å². The minimum absolute atomic E-state index is 0.0880. The number of benzene rings is 1. The summed E-state index contributed by atoms with van der Waals surface area (Å²) in [6.07, 6.45) is 0.478. The van der Waals surface area contributed by atoms with Gasteiger partial charge in [0, 0.05) is 24.8 Å². The highest BCUT2D eigenvalue weighted by atomic mass is 32.3. The molecule has 0 unspecified atom stereocenters.